The average Bonchev–Trinajstić information content (AvgIpc) is 2.51. The van der Waals surface area contributed by atoms with Gasteiger partial charge in [-0.2, -0.15) is 0 Å². The Hall–Kier alpha value is -2.42. The Morgan fingerprint density at radius 2 is 1.38 bits per heavy atom. The fourth-order valence-corrected chi connectivity index (χ4v) is 2.09. The van der Waals surface area contributed by atoms with Gasteiger partial charge in [0.1, 0.15) is 5.75 Å². The molecule has 0 fully saturated rings. The van der Waals surface area contributed by atoms with E-state index in [0.29, 0.717) is 24.7 Å². The van der Waals surface area contributed by atoms with E-state index in [2.05, 4.69) is 0 Å². The van der Waals surface area contributed by atoms with Crippen LogP contribution in [0.2, 0.25) is 0 Å². The lowest BCUT2D eigenvalue weighted by atomic mass is 10.1. The number of hydrogen-bond donors (Lipinski definition) is 1. The van der Waals surface area contributed by atoms with Gasteiger partial charge < -0.3 is 14.6 Å². The zero-order chi connectivity index (χ0) is 15.1. The first kappa shape index (κ1) is 15.0. The zero-order valence-electron chi connectivity index (χ0n) is 12.4. The Morgan fingerprint density at radius 1 is 0.810 bits per heavy atom. The standard InChI is InChI=1S/C18H20O3/c1-3-20-17(14-9-6-5-7-10-14)18(21-4-2)15-11-8-12-16(19)13-15/h5-13,19H,3-4H2,1-2H3. The van der Waals surface area contributed by atoms with Crippen LogP contribution in [0.4, 0.5) is 0 Å². The van der Waals surface area contributed by atoms with E-state index in [1.807, 2.05) is 50.2 Å². The topological polar surface area (TPSA) is 38.7 Å². The monoisotopic (exact) mass is 284 g/mol. The van der Waals surface area contributed by atoms with Crippen molar-refractivity contribution in [1.82, 2.24) is 0 Å². The van der Waals surface area contributed by atoms with Gasteiger partial charge in [0.2, 0.25) is 0 Å². The molecule has 110 valence electrons. The quantitative estimate of drug-likeness (QED) is 0.635. The lowest BCUT2D eigenvalue weighted by Crippen LogP contribution is -2.01. The van der Waals surface area contributed by atoms with Crippen molar-refractivity contribution < 1.29 is 14.6 Å². The number of benzene rings is 2. The summed E-state index contributed by atoms with van der Waals surface area (Å²) in [5.74, 6) is 1.53. The molecule has 3 heteroatoms. The maximum atomic E-state index is 9.69. The average molecular weight is 284 g/mol. The van der Waals surface area contributed by atoms with Gasteiger partial charge >= 0.3 is 0 Å². The maximum Gasteiger partial charge on any atom is 0.169 e. The highest BCUT2D eigenvalue weighted by Gasteiger charge is 2.14. The molecule has 2 rings (SSSR count). The Morgan fingerprint density at radius 3 is 1.95 bits per heavy atom. The van der Waals surface area contributed by atoms with Crippen LogP contribution in [0.25, 0.3) is 11.5 Å². The van der Waals surface area contributed by atoms with E-state index in [0.717, 1.165) is 11.1 Å². The van der Waals surface area contributed by atoms with Crippen molar-refractivity contribution in [2.45, 2.75) is 13.8 Å². The molecule has 0 saturated carbocycles. The molecule has 3 nitrogen and oxygen atoms in total. The van der Waals surface area contributed by atoms with Crippen molar-refractivity contribution in [2.75, 3.05) is 13.2 Å². The zero-order valence-corrected chi connectivity index (χ0v) is 12.4. The minimum Gasteiger partial charge on any atom is -0.508 e. The van der Waals surface area contributed by atoms with Crippen molar-refractivity contribution in [3.8, 4) is 5.75 Å². The van der Waals surface area contributed by atoms with Gasteiger partial charge in [0.25, 0.3) is 0 Å². The molecule has 0 amide bonds. The summed E-state index contributed by atoms with van der Waals surface area (Å²) >= 11 is 0. The molecule has 0 aliphatic rings. The van der Waals surface area contributed by atoms with Gasteiger partial charge in [-0.1, -0.05) is 42.5 Å². The Bertz CT molecular complexity index is 603. The fourth-order valence-electron chi connectivity index (χ4n) is 2.09. The fraction of sp³-hybridized carbons (Fsp3) is 0.222. The minimum atomic E-state index is 0.202. The van der Waals surface area contributed by atoms with Crippen molar-refractivity contribution in [3.63, 3.8) is 0 Å². The lowest BCUT2D eigenvalue weighted by molar-refractivity contribution is 0.261. The van der Waals surface area contributed by atoms with Crippen LogP contribution in [-0.4, -0.2) is 18.3 Å². The van der Waals surface area contributed by atoms with Gasteiger partial charge in [-0.05, 0) is 26.0 Å². The van der Waals surface area contributed by atoms with Crippen molar-refractivity contribution in [1.29, 1.82) is 0 Å². The third kappa shape index (κ3) is 3.78. The Kier molecular flexibility index (Phi) is 5.27. The van der Waals surface area contributed by atoms with E-state index in [1.54, 1.807) is 18.2 Å². The molecule has 0 atom stereocenters. The molecule has 0 aliphatic carbocycles. The van der Waals surface area contributed by atoms with Crippen LogP contribution >= 0.6 is 0 Å². The van der Waals surface area contributed by atoms with Crippen LogP contribution in [0.1, 0.15) is 25.0 Å². The number of rotatable bonds is 6. The third-order valence-electron chi connectivity index (χ3n) is 2.93. The number of ether oxygens (including phenoxy) is 2. The summed E-state index contributed by atoms with van der Waals surface area (Å²) in [6.45, 7) is 4.93. The maximum absolute atomic E-state index is 9.69. The van der Waals surface area contributed by atoms with Crippen LogP contribution in [0.5, 0.6) is 5.75 Å². The third-order valence-corrected chi connectivity index (χ3v) is 2.93. The number of phenols is 1. The molecule has 0 heterocycles. The van der Waals surface area contributed by atoms with E-state index in [1.165, 1.54) is 0 Å². The summed E-state index contributed by atoms with van der Waals surface area (Å²) in [4.78, 5) is 0. The second-order valence-corrected chi connectivity index (χ2v) is 4.44. The number of hydrogen-bond acceptors (Lipinski definition) is 3. The lowest BCUT2D eigenvalue weighted by Gasteiger charge is -2.16. The molecule has 2 aromatic carbocycles. The molecule has 21 heavy (non-hydrogen) atoms. The molecule has 2 aromatic rings. The van der Waals surface area contributed by atoms with Crippen LogP contribution in [0.3, 0.4) is 0 Å². The Labute approximate surface area is 125 Å². The molecule has 0 unspecified atom stereocenters. The predicted molar refractivity (Wildman–Crippen MR) is 84.6 cm³/mol. The SMILES string of the molecule is CCOC(=C(OCC)c1cccc(O)c1)c1ccccc1. The summed E-state index contributed by atoms with van der Waals surface area (Å²) < 4.78 is 11.6. The summed E-state index contributed by atoms with van der Waals surface area (Å²) in [5.41, 5.74) is 1.75. The first-order valence-electron chi connectivity index (χ1n) is 7.11. The van der Waals surface area contributed by atoms with Crippen molar-refractivity contribution in [3.05, 3.63) is 65.7 Å². The second kappa shape index (κ2) is 7.39. The number of aromatic hydroxyl groups is 1. The molecule has 0 spiro atoms. The van der Waals surface area contributed by atoms with Crippen LogP contribution in [0, 0.1) is 0 Å². The number of phenolic OH excluding ortho intramolecular Hbond substituents is 1. The molecular weight excluding hydrogens is 264 g/mol. The van der Waals surface area contributed by atoms with Crippen LogP contribution < -0.4 is 0 Å². The second-order valence-electron chi connectivity index (χ2n) is 4.44. The summed E-state index contributed by atoms with van der Waals surface area (Å²) in [6, 6.07) is 16.8. The van der Waals surface area contributed by atoms with Gasteiger partial charge in [0.05, 0.1) is 13.2 Å². The van der Waals surface area contributed by atoms with E-state index in [-0.39, 0.29) is 5.75 Å². The smallest absolute Gasteiger partial charge is 0.169 e. The summed E-state index contributed by atoms with van der Waals surface area (Å²) in [6.07, 6.45) is 0. The highest BCUT2D eigenvalue weighted by molar-refractivity contribution is 5.84. The largest absolute Gasteiger partial charge is 0.508 e. The van der Waals surface area contributed by atoms with Gasteiger partial charge in [-0.25, -0.2) is 0 Å². The molecule has 1 N–H and O–H groups in total. The van der Waals surface area contributed by atoms with Gasteiger partial charge in [-0.15, -0.1) is 0 Å². The first-order valence-corrected chi connectivity index (χ1v) is 7.11. The molecule has 0 aliphatic heterocycles. The van der Waals surface area contributed by atoms with E-state index in [4.69, 9.17) is 9.47 Å². The van der Waals surface area contributed by atoms with E-state index in [9.17, 15) is 5.11 Å². The first-order chi connectivity index (χ1) is 10.3. The summed E-state index contributed by atoms with van der Waals surface area (Å²) in [5, 5.41) is 9.69. The van der Waals surface area contributed by atoms with Crippen molar-refractivity contribution in [2.24, 2.45) is 0 Å². The highest BCUT2D eigenvalue weighted by atomic mass is 16.5. The van der Waals surface area contributed by atoms with E-state index >= 15 is 0 Å². The Balaban J connectivity index is 2.57. The van der Waals surface area contributed by atoms with Crippen LogP contribution in [0.15, 0.2) is 54.6 Å². The van der Waals surface area contributed by atoms with Gasteiger partial charge in [0.15, 0.2) is 11.5 Å². The molecule has 0 aromatic heterocycles. The summed E-state index contributed by atoms with van der Waals surface area (Å²) in [7, 11) is 0. The molecule has 0 bridgehead atoms. The van der Waals surface area contributed by atoms with Gasteiger partial charge in [0, 0.05) is 11.1 Å². The molecule has 0 radical (unpaired) electrons. The van der Waals surface area contributed by atoms with Crippen LogP contribution in [-0.2, 0) is 9.47 Å². The normalized spacial score (nSPS) is 11.7. The van der Waals surface area contributed by atoms with E-state index < -0.39 is 0 Å². The molecular formula is C18H20O3. The molecule has 0 saturated heterocycles. The predicted octanol–water partition coefficient (Wildman–Crippen LogP) is 4.29. The minimum absolute atomic E-state index is 0.202. The highest BCUT2D eigenvalue weighted by Crippen LogP contribution is 2.30. The van der Waals surface area contributed by atoms with Gasteiger partial charge in [-0.3, -0.25) is 0 Å². The van der Waals surface area contributed by atoms with Crippen molar-refractivity contribution >= 4 is 11.5 Å².